The van der Waals surface area contributed by atoms with Crippen LogP contribution in [0.15, 0.2) is 28.7 Å². The summed E-state index contributed by atoms with van der Waals surface area (Å²) in [7, 11) is 0. The van der Waals surface area contributed by atoms with Crippen LogP contribution < -0.4 is 5.32 Å². The second kappa shape index (κ2) is 4.97. The fourth-order valence-corrected chi connectivity index (χ4v) is 4.10. The molecule has 2 rings (SSSR count). The van der Waals surface area contributed by atoms with E-state index in [1.165, 1.54) is 16.5 Å². The molecule has 1 saturated carbocycles. The van der Waals surface area contributed by atoms with E-state index in [0.29, 0.717) is 5.41 Å². The molecule has 0 aromatic heterocycles. The molecule has 0 heterocycles. The first-order valence-corrected chi connectivity index (χ1v) is 7.71. The van der Waals surface area contributed by atoms with Crippen molar-refractivity contribution in [1.29, 1.82) is 0 Å². The van der Waals surface area contributed by atoms with Crippen molar-refractivity contribution in [3.8, 4) is 0 Å². The molecule has 1 aliphatic rings. The highest BCUT2D eigenvalue weighted by molar-refractivity contribution is 9.10. The van der Waals surface area contributed by atoms with E-state index in [0.717, 1.165) is 19.0 Å². The molecule has 0 bridgehead atoms. The van der Waals surface area contributed by atoms with Crippen molar-refractivity contribution in [1.82, 2.24) is 5.32 Å². The number of benzene rings is 1. The third-order valence-electron chi connectivity index (χ3n) is 5.03. The summed E-state index contributed by atoms with van der Waals surface area (Å²) in [5.41, 5.74) is 2.11. The quantitative estimate of drug-likeness (QED) is 0.797. The van der Waals surface area contributed by atoms with Gasteiger partial charge in [-0.3, -0.25) is 0 Å². The van der Waals surface area contributed by atoms with Crippen molar-refractivity contribution >= 4 is 15.9 Å². The molecule has 0 radical (unpaired) electrons. The second-order valence-corrected chi connectivity index (χ2v) is 7.01. The molecule has 0 amide bonds. The summed E-state index contributed by atoms with van der Waals surface area (Å²) in [5, 5.41) is 3.58. The molecule has 0 saturated heterocycles. The lowest BCUT2D eigenvalue weighted by Gasteiger charge is -2.17. The van der Waals surface area contributed by atoms with Crippen LogP contribution >= 0.6 is 15.9 Å². The van der Waals surface area contributed by atoms with Crippen LogP contribution in [0.3, 0.4) is 0 Å². The van der Waals surface area contributed by atoms with Gasteiger partial charge in [0.25, 0.3) is 0 Å². The van der Waals surface area contributed by atoms with Crippen molar-refractivity contribution in [2.75, 3.05) is 13.1 Å². The van der Waals surface area contributed by atoms with Crippen LogP contribution in [0.4, 0.5) is 0 Å². The lowest BCUT2D eigenvalue weighted by atomic mass is 9.90. The molecule has 1 N–H and O–H groups in total. The Kier molecular flexibility index (Phi) is 3.89. The average Bonchev–Trinajstić information content (AvgIpc) is 2.76. The highest BCUT2D eigenvalue weighted by atomic mass is 79.9. The molecule has 18 heavy (non-hydrogen) atoms. The topological polar surface area (TPSA) is 12.0 Å². The summed E-state index contributed by atoms with van der Waals surface area (Å²) in [5.74, 6) is 0.718. The molecule has 0 aliphatic heterocycles. The number of nitrogens with one attached hydrogen (secondary N) is 1. The molecular formula is C16H24BrN. The molecule has 2 heteroatoms. The molecule has 2 atom stereocenters. The Balaban J connectivity index is 2.19. The molecule has 100 valence electrons. The van der Waals surface area contributed by atoms with E-state index < -0.39 is 0 Å². The van der Waals surface area contributed by atoms with Gasteiger partial charge in [-0.25, -0.2) is 0 Å². The van der Waals surface area contributed by atoms with Crippen LogP contribution in [0.25, 0.3) is 0 Å². The van der Waals surface area contributed by atoms with Crippen LogP contribution in [0.2, 0.25) is 0 Å². The van der Waals surface area contributed by atoms with Gasteiger partial charge in [0.2, 0.25) is 0 Å². The molecule has 1 aromatic rings. The Hall–Kier alpha value is -0.340. The zero-order valence-electron chi connectivity index (χ0n) is 11.9. The Morgan fingerprint density at radius 2 is 1.89 bits per heavy atom. The van der Waals surface area contributed by atoms with Crippen LogP contribution in [0.1, 0.15) is 39.7 Å². The first-order valence-electron chi connectivity index (χ1n) is 6.92. The highest BCUT2D eigenvalue weighted by Crippen LogP contribution is 2.69. The first kappa shape index (κ1) is 14.1. The van der Waals surface area contributed by atoms with Gasteiger partial charge in [-0.15, -0.1) is 0 Å². The largest absolute Gasteiger partial charge is 0.316 e. The molecule has 1 nitrogen and oxygen atoms in total. The third-order valence-corrected chi connectivity index (χ3v) is 5.72. The minimum absolute atomic E-state index is 0.286. The average molecular weight is 310 g/mol. The number of halogens is 1. The normalized spacial score (nSPS) is 29.3. The Morgan fingerprint density at radius 3 is 2.50 bits per heavy atom. The molecule has 1 fully saturated rings. The number of rotatable bonds is 5. The highest BCUT2D eigenvalue weighted by Gasteiger charge is 2.68. The number of hydrogen-bond donors (Lipinski definition) is 1. The van der Waals surface area contributed by atoms with Crippen molar-refractivity contribution < 1.29 is 0 Å². The third kappa shape index (κ3) is 2.04. The maximum atomic E-state index is 3.71. The van der Waals surface area contributed by atoms with Crippen molar-refractivity contribution in [2.45, 2.75) is 39.5 Å². The molecule has 1 aromatic carbocycles. The van der Waals surface area contributed by atoms with Crippen molar-refractivity contribution in [3.63, 3.8) is 0 Å². The molecule has 1 aliphatic carbocycles. The first-order chi connectivity index (χ1) is 8.46. The Morgan fingerprint density at radius 1 is 1.22 bits per heavy atom. The smallest absolute Gasteiger partial charge is 0.0213 e. The van der Waals surface area contributed by atoms with Crippen LogP contribution in [-0.2, 0) is 5.41 Å². The van der Waals surface area contributed by atoms with Gasteiger partial charge in [-0.1, -0.05) is 61.8 Å². The van der Waals surface area contributed by atoms with E-state index in [1.54, 1.807) is 0 Å². The van der Waals surface area contributed by atoms with Crippen LogP contribution in [0, 0.1) is 11.3 Å². The molecular weight excluding hydrogens is 286 g/mol. The summed E-state index contributed by atoms with van der Waals surface area (Å²) < 4.78 is 1.25. The van der Waals surface area contributed by atoms with Crippen molar-refractivity contribution in [3.05, 3.63) is 34.3 Å². The van der Waals surface area contributed by atoms with Gasteiger partial charge in [0, 0.05) is 9.89 Å². The minimum atomic E-state index is 0.286. The van der Waals surface area contributed by atoms with Gasteiger partial charge in [0.05, 0.1) is 0 Å². The van der Waals surface area contributed by atoms with E-state index in [4.69, 9.17) is 0 Å². The lowest BCUT2D eigenvalue weighted by molar-refractivity contribution is 0.506. The SMILES string of the molecule is CCCNCC1C(C)(C)C1(C)c1ccccc1Br. The summed E-state index contributed by atoms with van der Waals surface area (Å²) in [6.45, 7) is 11.7. The van der Waals surface area contributed by atoms with Crippen LogP contribution in [0.5, 0.6) is 0 Å². The summed E-state index contributed by atoms with van der Waals surface area (Å²) in [4.78, 5) is 0. The lowest BCUT2D eigenvalue weighted by Crippen LogP contribution is -2.21. The van der Waals surface area contributed by atoms with E-state index in [9.17, 15) is 0 Å². The summed E-state index contributed by atoms with van der Waals surface area (Å²) in [6.07, 6.45) is 1.21. The van der Waals surface area contributed by atoms with Gasteiger partial charge in [0.15, 0.2) is 0 Å². The predicted molar refractivity (Wildman–Crippen MR) is 81.9 cm³/mol. The minimum Gasteiger partial charge on any atom is -0.316 e. The fraction of sp³-hybridized carbons (Fsp3) is 0.625. The fourth-order valence-electron chi connectivity index (χ4n) is 3.40. The standard InChI is InChI=1S/C16H24BrN/c1-5-10-18-11-14-15(2,3)16(14,4)12-8-6-7-9-13(12)17/h6-9,14,18H,5,10-11H2,1-4H3. The Labute approximate surface area is 119 Å². The van der Waals surface area contributed by atoms with E-state index in [1.807, 2.05) is 0 Å². The molecule has 0 spiro atoms. The predicted octanol–water partition coefficient (Wildman–Crippen LogP) is 4.36. The molecule has 2 unspecified atom stereocenters. The summed E-state index contributed by atoms with van der Waals surface area (Å²) in [6, 6.07) is 8.67. The van der Waals surface area contributed by atoms with E-state index >= 15 is 0 Å². The Bertz CT molecular complexity index is 427. The van der Waals surface area contributed by atoms with Gasteiger partial charge in [-0.2, -0.15) is 0 Å². The van der Waals surface area contributed by atoms with Gasteiger partial charge >= 0.3 is 0 Å². The zero-order chi connectivity index (χ0) is 13.4. The van der Waals surface area contributed by atoms with Gasteiger partial charge < -0.3 is 5.32 Å². The number of hydrogen-bond acceptors (Lipinski definition) is 1. The van der Waals surface area contributed by atoms with Gasteiger partial charge in [0.1, 0.15) is 0 Å². The second-order valence-electron chi connectivity index (χ2n) is 6.16. The maximum absolute atomic E-state index is 3.71. The van der Waals surface area contributed by atoms with E-state index in [2.05, 4.69) is 73.2 Å². The summed E-state index contributed by atoms with van der Waals surface area (Å²) >= 11 is 3.71. The maximum Gasteiger partial charge on any atom is 0.0213 e. The van der Waals surface area contributed by atoms with Gasteiger partial charge in [-0.05, 0) is 42.5 Å². The van der Waals surface area contributed by atoms with Crippen molar-refractivity contribution in [2.24, 2.45) is 11.3 Å². The monoisotopic (exact) mass is 309 g/mol. The zero-order valence-corrected chi connectivity index (χ0v) is 13.5. The van der Waals surface area contributed by atoms with E-state index in [-0.39, 0.29) is 5.41 Å². The van der Waals surface area contributed by atoms with Crippen LogP contribution in [-0.4, -0.2) is 13.1 Å².